The quantitative estimate of drug-likeness (QED) is 0.400. The molecule has 2 aromatic rings. The summed E-state index contributed by atoms with van der Waals surface area (Å²) in [5.41, 5.74) is 1.58. The fourth-order valence-electron chi connectivity index (χ4n) is 2.86. The maximum atomic E-state index is 12.3. The Morgan fingerprint density at radius 1 is 1.22 bits per heavy atom. The zero-order valence-corrected chi connectivity index (χ0v) is 16.4. The highest BCUT2D eigenvalue weighted by atomic mass is 35.5. The summed E-state index contributed by atoms with van der Waals surface area (Å²) < 4.78 is 6.92. The number of benzene rings is 1. The lowest BCUT2D eigenvalue weighted by Crippen LogP contribution is -3.00. The van der Waals surface area contributed by atoms with Crippen LogP contribution in [0.25, 0.3) is 0 Å². The molecule has 0 saturated heterocycles. The molecule has 1 heterocycles. The van der Waals surface area contributed by atoms with Crippen molar-refractivity contribution in [1.82, 2.24) is 0 Å². The molecule has 1 N–H and O–H groups in total. The number of hydrogen-bond donors (Lipinski definition) is 1. The second-order valence-corrected chi connectivity index (χ2v) is 6.01. The van der Waals surface area contributed by atoms with Gasteiger partial charge in [0, 0.05) is 18.2 Å². The molecule has 0 aliphatic carbocycles. The number of ether oxygens (including phenoxy) is 1. The highest BCUT2D eigenvalue weighted by Gasteiger charge is 2.16. The van der Waals surface area contributed by atoms with Crippen LogP contribution in [0.3, 0.4) is 0 Å². The van der Waals surface area contributed by atoms with Gasteiger partial charge in [0.2, 0.25) is 6.54 Å². The van der Waals surface area contributed by atoms with E-state index in [1.54, 1.807) is 4.57 Å². The van der Waals surface area contributed by atoms with E-state index in [2.05, 4.69) is 19.2 Å². The van der Waals surface area contributed by atoms with Crippen molar-refractivity contribution in [3.8, 4) is 5.75 Å². The number of methoxy groups -OCH3 is 1. The summed E-state index contributed by atoms with van der Waals surface area (Å²) in [4.78, 5) is 22.6. The molecule has 7 nitrogen and oxygen atoms in total. The summed E-state index contributed by atoms with van der Waals surface area (Å²) >= 11 is 0. The predicted octanol–water partition coefficient (Wildman–Crippen LogP) is 0.437. The molecule has 1 amide bonds. The number of amides is 1. The minimum atomic E-state index is -0.509. The largest absolute Gasteiger partial charge is 1.00 e. The Morgan fingerprint density at radius 2 is 1.85 bits per heavy atom. The summed E-state index contributed by atoms with van der Waals surface area (Å²) in [6, 6.07) is 8.16. The third-order valence-electron chi connectivity index (χ3n) is 4.37. The molecule has 0 unspecified atom stereocenters. The van der Waals surface area contributed by atoms with E-state index < -0.39 is 4.92 Å². The smallest absolute Gasteiger partial charge is 0.290 e. The van der Waals surface area contributed by atoms with Gasteiger partial charge < -0.3 is 22.5 Å². The molecule has 0 fully saturated rings. The van der Waals surface area contributed by atoms with Crippen molar-refractivity contribution in [3.63, 3.8) is 0 Å². The Hall–Kier alpha value is -2.67. The first-order valence-corrected chi connectivity index (χ1v) is 8.59. The molecule has 0 aliphatic rings. The van der Waals surface area contributed by atoms with Gasteiger partial charge in [-0.1, -0.05) is 13.8 Å². The van der Waals surface area contributed by atoms with Crippen molar-refractivity contribution >= 4 is 17.3 Å². The average molecular weight is 394 g/mol. The summed E-state index contributed by atoms with van der Waals surface area (Å²) in [5.74, 6) is 0.543. The van der Waals surface area contributed by atoms with E-state index in [-0.39, 0.29) is 36.3 Å². The van der Waals surface area contributed by atoms with E-state index in [0.717, 1.165) is 12.8 Å². The zero-order chi connectivity index (χ0) is 19.1. The number of hydrogen-bond acceptors (Lipinski definition) is 4. The highest BCUT2D eigenvalue weighted by molar-refractivity contribution is 5.91. The van der Waals surface area contributed by atoms with Crippen molar-refractivity contribution in [2.75, 3.05) is 12.4 Å². The first-order valence-electron chi connectivity index (χ1n) is 8.59. The van der Waals surface area contributed by atoms with Crippen LogP contribution in [-0.4, -0.2) is 17.9 Å². The number of pyridine rings is 1. The number of nitrogens with one attached hydrogen (secondary N) is 1. The van der Waals surface area contributed by atoms with E-state index in [1.165, 1.54) is 30.9 Å². The Kier molecular flexibility index (Phi) is 8.68. The van der Waals surface area contributed by atoms with E-state index in [0.29, 0.717) is 11.6 Å². The Morgan fingerprint density at radius 3 is 2.37 bits per heavy atom. The Balaban J connectivity index is 0.00000364. The van der Waals surface area contributed by atoms with Gasteiger partial charge in [0.1, 0.15) is 5.75 Å². The maximum absolute atomic E-state index is 12.3. The highest BCUT2D eigenvalue weighted by Crippen LogP contribution is 2.28. The monoisotopic (exact) mass is 393 g/mol. The third-order valence-corrected chi connectivity index (χ3v) is 4.37. The van der Waals surface area contributed by atoms with Crippen LogP contribution in [0.2, 0.25) is 0 Å². The van der Waals surface area contributed by atoms with Gasteiger partial charge >= 0.3 is 0 Å². The molecule has 0 spiro atoms. The number of rotatable bonds is 8. The van der Waals surface area contributed by atoms with Crippen LogP contribution in [0.1, 0.15) is 38.2 Å². The van der Waals surface area contributed by atoms with Crippen molar-refractivity contribution in [2.45, 2.75) is 39.2 Å². The maximum Gasteiger partial charge on any atom is 0.290 e. The van der Waals surface area contributed by atoms with E-state index in [9.17, 15) is 14.9 Å². The molecule has 1 aromatic carbocycles. The summed E-state index contributed by atoms with van der Waals surface area (Å²) in [7, 11) is 1.40. The number of nitro groups is 1. The Labute approximate surface area is 164 Å². The topological polar surface area (TPSA) is 85.3 Å². The van der Waals surface area contributed by atoms with Crippen LogP contribution in [0.15, 0.2) is 42.7 Å². The molecule has 27 heavy (non-hydrogen) atoms. The number of non-ortho nitro benzene ring substituents is 1. The number of anilines is 1. The van der Waals surface area contributed by atoms with Crippen LogP contribution < -0.4 is 27.0 Å². The van der Waals surface area contributed by atoms with Crippen molar-refractivity contribution in [2.24, 2.45) is 0 Å². The normalized spacial score (nSPS) is 10.2. The molecule has 0 atom stereocenters. The zero-order valence-electron chi connectivity index (χ0n) is 15.6. The van der Waals surface area contributed by atoms with Crippen LogP contribution in [0.5, 0.6) is 5.75 Å². The van der Waals surface area contributed by atoms with Crippen LogP contribution in [0.4, 0.5) is 11.4 Å². The van der Waals surface area contributed by atoms with Gasteiger partial charge in [-0.05, 0) is 30.4 Å². The Bertz CT molecular complexity index is 777. The second-order valence-electron chi connectivity index (χ2n) is 6.01. The summed E-state index contributed by atoms with van der Waals surface area (Å²) in [5, 5.41) is 13.6. The summed E-state index contributed by atoms with van der Waals surface area (Å²) in [6.45, 7) is 4.48. The van der Waals surface area contributed by atoms with Crippen molar-refractivity contribution in [3.05, 3.63) is 58.4 Å². The first kappa shape index (κ1) is 22.4. The third kappa shape index (κ3) is 5.92. The molecule has 0 bridgehead atoms. The SMILES string of the molecule is CCC(CC)c1cc[n+](CC(=O)Nc2ccc([N+](=O)[O-])cc2OC)cc1.[Cl-]. The van der Waals surface area contributed by atoms with Crippen LogP contribution in [0, 0.1) is 10.1 Å². The van der Waals surface area contributed by atoms with E-state index in [4.69, 9.17) is 4.74 Å². The standard InChI is InChI=1S/C19H23N3O4.ClH/c1-4-14(5-2)15-8-10-21(11-9-15)13-19(23)20-17-7-6-16(22(24)25)12-18(17)26-3;/h6-12,14H,4-5,13H2,1-3H3;1H. The minimum absolute atomic E-state index is 0. The number of nitro benzene ring substituents is 1. The number of halogens is 1. The van der Waals surface area contributed by atoms with Gasteiger partial charge in [-0.25, -0.2) is 0 Å². The van der Waals surface area contributed by atoms with Gasteiger partial charge in [-0.2, -0.15) is 4.57 Å². The lowest BCUT2D eigenvalue weighted by atomic mass is 9.95. The fourth-order valence-corrected chi connectivity index (χ4v) is 2.86. The molecule has 0 saturated carbocycles. The van der Waals surface area contributed by atoms with Gasteiger partial charge in [-0.15, -0.1) is 0 Å². The van der Waals surface area contributed by atoms with Crippen molar-refractivity contribution in [1.29, 1.82) is 0 Å². The van der Waals surface area contributed by atoms with Crippen LogP contribution in [-0.2, 0) is 11.3 Å². The van der Waals surface area contributed by atoms with E-state index >= 15 is 0 Å². The van der Waals surface area contributed by atoms with Crippen LogP contribution >= 0.6 is 0 Å². The van der Waals surface area contributed by atoms with Gasteiger partial charge in [0.15, 0.2) is 12.4 Å². The summed E-state index contributed by atoms with van der Waals surface area (Å²) in [6.07, 6.45) is 5.95. The lowest BCUT2D eigenvalue weighted by Gasteiger charge is -2.11. The number of carbonyl (C=O) groups is 1. The average Bonchev–Trinajstić information content (AvgIpc) is 2.64. The van der Waals surface area contributed by atoms with Crippen molar-refractivity contribution < 1.29 is 31.4 Å². The van der Waals surface area contributed by atoms with Gasteiger partial charge in [0.05, 0.1) is 23.8 Å². The molecular weight excluding hydrogens is 370 g/mol. The molecule has 146 valence electrons. The molecule has 0 aliphatic heterocycles. The molecule has 8 heteroatoms. The molecule has 2 rings (SSSR count). The molecule has 0 radical (unpaired) electrons. The molecule has 1 aromatic heterocycles. The second kappa shape index (κ2) is 10.5. The van der Waals surface area contributed by atoms with E-state index in [1.807, 2.05) is 24.5 Å². The fraction of sp³-hybridized carbons (Fsp3) is 0.368. The lowest BCUT2D eigenvalue weighted by molar-refractivity contribution is -0.684. The number of nitrogens with zero attached hydrogens (tertiary/aromatic N) is 2. The first-order chi connectivity index (χ1) is 12.5. The number of aromatic nitrogens is 1. The molecular formula is C19H24ClN3O4. The number of carbonyl (C=O) groups excluding carboxylic acids is 1. The van der Waals surface area contributed by atoms with Gasteiger partial charge in [-0.3, -0.25) is 14.9 Å². The van der Waals surface area contributed by atoms with Gasteiger partial charge in [0.25, 0.3) is 11.6 Å². The predicted molar refractivity (Wildman–Crippen MR) is 98.2 cm³/mol. The minimum Gasteiger partial charge on any atom is -1.00 e.